The van der Waals surface area contributed by atoms with Crippen LogP contribution in [0.5, 0.6) is 0 Å². The molecule has 0 fully saturated rings. The number of aromatic nitrogens is 3. The Labute approximate surface area is 176 Å². The molecule has 0 saturated heterocycles. The highest BCUT2D eigenvalue weighted by Crippen LogP contribution is 2.25. The first kappa shape index (κ1) is 21.4. The first-order valence-corrected chi connectivity index (χ1v) is 11.4. The predicted octanol–water partition coefficient (Wildman–Crippen LogP) is 2.25. The molecule has 8 heteroatoms. The number of thioether (sulfide) groups is 1. The van der Waals surface area contributed by atoms with Crippen LogP contribution in [0, 0.1) is 6.92 Å². The minimum atomic E-state index is 0.00315. The molecule has 3 rings (SSSR count). The van der Waals surface area contributed by atoms with E-state index in [1.165, 1.54) is 17.3 Å². The number of pyridine rings is 1. The van der Waals surface area contributed by atoms with E-state index in [2.05, 4.69) is 22.3 Å². The Kier molecular flexibility index (Phi) is 6.95. The lowest BCUT2D eigenvalue weighted by molar-refractivity contribution is -0.118. The van der Waals surface area contributed by atoms with Crippen LogP contribution in [0.15, 0.2) is 12.3 Å². The van der Waals surface area contributed by atoms with Gasteiger partial charge in [-0.3, -0.25) is 19.3 Å². The number of nitrogens with zero attached hydrogens (tertiary/aromatic N) is 4. The minimum Gasteiger partial charge on any atom is -0.351 e. The van der Waals surface area contributed by atoms with Gasteiger partial charge in [-0.05, 0) is 48.8 Å². The SMILES string of the molecule is CCCc1cc(C(=O)N2CCc3c(cnc(C)c3CNC(=O)CSC)C2)n(C)n1. The number of nitrogens with one attached hydrogen (secondary N) is 1. The van der Waals surface area contributed by atoms with E-state index in [1.807, 2.05) is 37.4 Å². The van der Waals surface area contributed by atoms with E-state index in [0.29, 0.717) is 31.1 Å². The van der Waals surface area contributed by atoms with Crippen molar-refractivity contribution in [3.8, 4) is 0 Å². The molecule has 1 aliphatic rings. The molecule has 0 unspecified atom stereocenters. The van der Waals surface area contributed by atoms with Crippen molar-refractivity contribution in [2.45, 2.75) is 46.2 Å². The van der Waals surface area contributed by atoms with Crippen LogP contribution in [0.25, 0.3) is 0 Å². The number of fused-ring (bicyclic) bond motifs is 1. The van der Waals surface area contributed by atoms with Gasteiger partial charge in [0.1, 0.15) is 5.69 Å². The van der Waals surface area contributed by atoms with Crippen molar-refractivity contribution in [2.24, 2.45) is 7.05 Å². The summed E-state index contributed by atoms with van der Waals surface area (Å²) in [5.74, 6) is 0.485. The highest BCUT2D eigenvalue weighted by atomic mass is 32.2. The molecule has 2 amide bonds. The topological polar surface area (TPSA) is 80.1 Å². The van der Waals surface area contributed by atoms with Crippen molar-refractivity contribution in [1.82, 2.24) is 25.0 Å². The fourth-order valence-corrected chi connectivity index (χ4v) is 4.13. The lowest BCUT2D eigenvalue weighted by Crippen LogP contribution is -2.38. The van der Waals surface area contributed by atoms with Gasteiger partial charge < -0.3 is 10.2 Å². The summed E-state index contributed by atoms with van der Waals surface area (Å²) in [6.45, 7) is 5.74. The number of amides is 2. The van der Waals surface area contributed by atoms with Crippen LogP contribution in [0.3, 0.4) is 0 Å². The fourth-order valence-electron chi connectivity index (χ4n) is 3.77. The van der Waals surface area contributed by atoms with Crippen LogP contribution in [0.2, 0.25) is 0 Å². The highest BCUT2D eigenvalue weighted by Gasteiger charge is 2.26. The molecule has 0 aliphatic carbocycles. The Morgan fingerprint density at radius 3 is 2.86 bits per heavy atom. The van der Waals surface area contributed by atoms with E-state index < -0.39 is 0 Å². The number of hydrogen-bond donors (Lipinski definition) is 1. The van der Waals surface area contributed by atoms with Crippen LogP contribution < -0.4 is 5.32 Å². The molecule has 156 valence electrons. The van der Waals surface area contributed by atoms with Gasteiger partial charge in [0.2, 0.25) is 5.91 Å². The fraction of sp³-hybridized carbons (Fsp3) is 0.524. The molecule has 1 N–H and O–H groups in total. The number of rotatable bonds is 7. The molecule has 0 aromatic carbocycles. The second kappa shape index (κ2) is 9.43. The molecule has 0 bridgehead atoms. The van der Waals surface area contributed by atoms with Gasteiger partial charge in [0.25, 0.3) is 5.91 Å². The average molecular weight is 416 g/mol. The lowest BCUT2D eigenvalue weighted by Gasteiger charge is -2.30. The minimum absolute atomic E-state index is 0.00315. The van der Waals surface area contributed by atoms with Gasteiger partial charge in [0.05, 0.1) is 11.4 Å². The third kappa shape index (κ3) is 4.80. The van der Waals surface area contributed by atoms with Crippen molar-refractivity contribution in [3.05, 3.63) is 46.0 Å². The van der Waals surface area contributed by atoms with Gasteiger partial charge in [-0.2, -0.15) is 16.9 Å². The highest BCUT2D eigenvalue weighted by molar-refractivity contribution is 7.99. The van der Waals surface area contributed by atoms with Gasteiger partial charge in [0, 0.05) is 38.6 Å². The summed E-state index contributed by atoms with van der Waals surface area (Å²) in [4.78, 5) is 31.3. The number of carbonyl (C=O) groups is 2. The largest absolute Gasteiger partial charge is 0.351 e. The van der Waals surface area contributed by atoms with E-state index in [4.69, 9.17) is 0 Å². The van der Waals surface area contributed by atoms with E-state index in [9.17, 15) is 9.59 Å². The van der Waals surface area contributed by atoms with Gasteiger partial charge >= 0.3 is 0 Å². The van der Waals surface area contributed by atoms with E-state index in [0.717, 1.165) is 41.8 Å². The quantitative estimate of drug-likeness (QED) is 0.750. The molecule has 0 radical (unpaired) electrons. The molecule has 0 spiro atoms. The molecule has 2 aromatic heterocycles. The second-order valence-corrected chi connectivity index (χ2v) is 8.27. The monoisotopic (exact) mass is 415 g/mol. The molecule has 0 saturated carbocycles. The zero-order valence-corrected chi connectivity index (χ0v) is 18.4. The summed E-state index contributed by atoms with van der Waals surface area (Å²) >= 11 is 1.51. The van der Waals surface area contributed by atoms with Crippen LogP contribution in [0.1, 0.15) is 51.9 Å². The number of hydrogen-bond acceptors (Lipinski definition) is 5. The summed E-state index contributed by atoms with van der Waals surface area (Å²) in [6, 6.07) is 1.90. The summed E-state index contributed by atoms with van der Waals surface area (Å²) in [5.41, 5.74) is 5.86. The first-order chi connectivity index (χ1) is 13.9. The first-order valence-electron chi connectivity index (χ1n) is 9.98. The van der Waals surface area contributed by atoms with Crippen molar-refractivity contribution in [3.63, 3.8) is 0 Å². The smallest absolute Gasteiger partial charge is 0.272 e. The van der Waals surface area contributed by atoms with Gasteiger partial charge in [-0.1, -0.05) is 13.3 Å². The molecule has 3 heterocycles. The van der Waals surface area contributed by atoms with Crippen LogP contribution >= 0.6 is 11.8 Å². The molecule has 0 atom stereocenters. The van der Waals surface area contributed by atoms with Gasteiger partial charge in [0.15, 0.2) is 0 Å². The summed E-state index contributed by atoms with van der Waals surface area (Å²) in [7, 11) is 1.82. The maximum absolute atomic E-state index is 13.1. The Morgan fingerprint density at radius 2 is 2.14 bits per heavy atom. The average Bonchev–Trinajstić information content (AvgIpc) is 3.07. The predicted molar refractivity (Wildman–Crippen MR) is 115 cm³/mol. The summed E-state index contributed by atoms with van der Waals surface area (Å²) in [6.07, 6.45) is 6.42. The Balaban J connectivity index is 1.76. The Morgan fingerprint density at radius 1 is 1.34 bits per heavy atom. The lowest BCUT2D eigenvalue weighted by atomic mass is 9.94. The third-order valence-electron chi connectivity index (χ3n) is 5.28. The molecular formula is C21H29N5O2S. The van der Waals surface area contributed by atoms with Gasteiger partial charge in [-0.15, -0.1) is 0 Å². The maximum Gasteiger partial charge on any atom is 0.272 e. The maximum atomic E-state index is 13.1. The molecule has 7 nitrogen and oxygen atoms in total. The standard InChI is InChI=1S/C21H29N5O2S/c1-5-6-16-9-19(25(3)24-16)21(28)26-8-7-17-15(12-26)10-22-14(2)18(17)11-23-20(27)13-29-4/h9-10H,5-8,11-13H2,1-4H3,(H,23,27). The van der Waals surface area contributed by atoms with E-state index >= 15 is 0 Å². The second-order valence-electron chi connectivity index (χ2n) is 7.41. The normalized spacial score (nSPS) is 13.3. The Bertz CT molecular complexity index is 909. The van der Waals surface area contributed by atoms with Crippen LogP contribution in [-0.2, 0) is 37.8 Å². The number of aryl methyl sites for hydroxylation is 3. The van der Waals surface area contributed by atoms with Crippen LogP contribution in [-0.4, -0.2) is 50.0 Å². The van der Waals surface area contributed by atoms with Crippen molar-refractivity contribution in [2.75, 3.05) is 18.6 Å². The van der Waals surface area contributed by atoms with Crippen molar-refractivity contribution >= 4 is 23.6 Å². The zero-order chi connectivity index (χ0) is 21.0. The van der Waals surface area contributed by atoms with Gasteiger partial charge in [-0.25, -0.2) is 0 Å². The van der Waals surface area contributed by atoms with Crippen molar-refractivity contribution < 1.29 is 9.59 Å². The summed E-state index contributed by atoms with van der Waals surface area (Å²) in [5, 5.41) is 7.44. The molecule has 1 aliphatic heterocycles. The van der Waals surface area contributed by atoms with E-state index in [1.54, 1.807) is 4.68 Å². The Hall–Kier alpha value is -2.35. The summed E-state index contributed by atoms with van der Waals surface area (Å²) < 4.78 is 1.68. The van der Waals surface area contributed by atoms with Crippen LogP contribution in [0.4, 0.5) is 0 Å². The van der Waals surface area contributed by atoms with E-state index in [-0.39, 0.29) is 11.8 Å². The van der Waals surface area contributed by atoms with Crippen molar-refractivity contribution in [1.29, 1.82) is 0 Å². The molecule has 2 aromatic rings. The third-order valence-corrected chi connectivity index (χ3v) is 5.83. The molecular weight excluding hydrogens is 386 g/mol. The number of carbonyl (C=O) groups excluding carboxylic acids is 2. The zero-order valence-electron chi connectivity index (χ0n) is 17.6. The molecule has 29 heavy (non-hydrogen) atoms.